The van der Waals surface area contributed by atoms with Crippen molar-refractivity contribution in [2.75, 3.05) is 40.3 Å². The predicted molar refractivity (Wildman–Crippen MR) is 125 cm³/mol. The Balaban J connectivity index is 1.25. The first-order valence-electron chi connectivity index (χ1n) is 11.2. The summed E-state index contributed by atoms with van der Waals surface area (Å²) in [5.74, 6) is 1.54. The van der Waals surface area contributed by atoms with E-state index in [0.29, 0.717) is 12.5 Å². The Morgan fingerprint density at radius 2 is 1.97 bits per heavy atom. The summed E-state index contributed by atoms with van der Waals surface area (Å²) in [6.45, 7) is 5.62. The molecule has 0 saturated carbocycles. The van der Waals surface area contributed by atoms with Crippen molar-refractivity contribution >= 4 is 21.6 Å². The number of likely N-dealkylation sites (tertiary alicyclic amines) is 1. The molecule has 3 aromatic rings. The van der Waals surface area contributed by atoms with Crippen molar-refractivity contribution in [3.8, 4) is 5.75 Å². The number of piperidine rings is 1. The highest BCUT2D eigenvalue weighted by Gasteiger charge is 2.24. The number of ether oxygens (including phenoxy) is 1. The predicted octanol–water partition coefficient (Wildman–Crippen LogP) is 3.33. The molecule has 0 unspecified atom stereocenters. The zero-order chi connectivity index (χ0) is 21.4. The van der Waals surface area contributed by atoms with Gasteiger partial charge in [0, 0.05) is 31.1 Å². The van der Waals surface area contributed by atoms with E-state index in [9.17, 15) is 4.79 Å². The van der Waals surface area contributed by atoms with Gasteiger partial charge in [0.2, 0.25) is 0 Å². The molecule has 2 aliphatic heterocycles. The quantitative estimate of drug-likeness (QED) is 0.612. The number of fused-ring (bicyclic) bond motifs is 3. The first-order valence-corrected chi connectivity index (χ1v) is 12.0. The minimum Gasteiger partial charge on any atom is -0.496 e. The first kappa shape index (κ1) is 20.7. The molecular weight excluding hydrogens is 408 g/mol. The van der Waals surface area contributed by atoms with E-state index in [2.05, 4.69) is 40.0 Å². The van der Waals surface area contributed by atoms with Crippen molar-refractivity contribution in [1.29, 1.82) is 0 Å². The molecule has 0 N–H and O–H groups in total. The van der Waals surface area contributed by atoms with Crippen molar-refractivity contribution in [2.45, 2.75) is 38.3 Å². The van der Waals surface area contributed by atoms with Gasteiger partial charge in [0.1, 0.15) is 10.6 Å². The molecule has 0 aliphatic carbocycles. The molecule has 1 saturated heterocycles. The van der Waals surface area contributed by atoms with Crippen LogP contribution in [0.25, 0.3) is 10.2 Å². The number of nitrogens with zero attached hydrogens (tertiary/aromatic N) is 4. The third kappa shape index (κ3) is 4.02. The van der Waals surface area contributed by atoms with E-state index < -0.39 is 0 Å². The normalized spacial score (nSPS) is 18.4. The molecule has 2 aromatic heterocycles. The SMILES string of the molecule is COc1ccccc1C1CCN(CCn2cnc3sc4c(c3c2=O)CCN(C)C4)CC1. The van der Waals surface area contributed by atoms with Crippen LogP contribution in [0.3, 0.4) is 0 Å². The van der Waals surface area contributed by atoms with Crippen LogP contribution in [0, 0.1) is 0 Å². The van der Waals surface area contributed by atoms with Crippen LogP contribution in [-0.2, 0) is 19.5 Å². The molecule has 164 valence electrons. The van der Waals surface area contributed by atoms with Crippen molar-refractivity contribution < 1.29 is 4.74 Å². The lowest BCUT2D eigenvalue weighted by atomic mass is 9.89. The Morgan fingerprint density at radius 3 is 2.77 bits per heavy atom. The average molecular weight is 439 g/mol. The van der Waals surface area contributed by atoms with Crippen molar-refractivity contribution in [3.05, 3.63) is 57.0 Å². The number of likely N-dealkylation sites (N-methyl/N-ethyl adjacent to an activating group) is 1. The Morgan fingerprint density at radius 1 is 1.16 bits per heavy atom. The molecule has 1 fully saturated rings. The molecule has 0 radical (unpaired) electrons. The molecule has 4 heterocycles. The fourth-order valence-corrected chi connectivity index (χ4v) is 6.28. The smallest absolute Gasteiger partial charge is 0.262 e. The van der Waals surface area contributed by atoms with Crippen LogP contribution in [-0.4, -0.2) is 59.7 Å². The highest BCUT2D eigenvalue weighted by molar-refractivity contribution is 7.18. The van der Waals surface area contributed by atoms with Gasteiger partial charge in [-0.1, -0.05) is 18.2 Å². The fourth-order valence-electron chi connectivity index (χ4n) is 5.03. The molecule has 6 nitrogen and oxygen atoms in total. The molecule has 0 amide bonds. The molecular formula is C24H30N4O2S. The zero-order valence-electron chi connectivity index (χ0n) is 18.3. The Kier molecular flexibility index (Phi) is 5.82. The van der Waals surface area contributed by atoms with Crippen LogP contribution >= 0.6 is 11.3 Å². The number of para-hydroxylation sites is 1. The number of rotatable bonds is 5. The van der Waals surface area contributed by atoms with E-state index in [1.165, 1.54) is 16.0 Å². The van der Waals surface area contributed by atoms with Crippen molar-refractivity contribution in [2.24, 2.45) is 0 Å². The van der Waals surface area contributed by atoms with Crippen LogP contribution in [0.15, 0.2) is 35.4 Å². The van der Waals surface area contributed by atoms with Crippen LogP contribution in [0.2, 0.25) is 0 Å². The maximum atomic E-state index is 13.2. The summed E-state index contributed by atoms with van der Waals surface area (Å²) >= 11 is 1.69. The summed E-state index contributed by atoms with van der Waals surface area (Å²) in [6, 6.07) is 8.38. The second-order valence-electron chi connectivity index (χ2n) is 8.77. The lowest BCUT2D eigenvalue weighted by Gasteiger charge is -2.32. The minimum atomic E-state index is 0.135. The Hall–Kier alpha value is -2.22. The van der Waals surface area contributed by atoms with Crippen molar-refractivity contribution in [1.82, 2.24) is 19.4 Å². The second kappa shape index (κ2) is 8.73. The number of methoxy groups -OCH3 is 1. The van der Waals surface area contributed by atoms with Crippen LogP contribution < -0.4 is 10.3 Å². The van der Waals surface area contributed by atoms with Gasteiger partial charge in [0.25, 0.3) is 5.56 Å². The average Bonchev–Trinajstić information content (AvgIpc) is 3.17. The highest BCUT2D eigenvalue weighted by Crippen LogP contribution is 2.34. The highest BCUT2D eigenvalue weighted by atomic mass is 32.1. The van der Waals surface area contributed by atoms with Gasteiger partial charge in [-0.3, -0.25) is 9.36 Å². The topological polar surface area (TPSA) is 50.6 Å². The number of benzene rings is 1. The second-order valence-corrected chi connectivity index (χ2v) is 9.86. The fraction of sp³-hybridized carbons (Fsp3) is 0.500. The number of thiophene rings is 1. The molecule has 0 spiro atoms. The van der Waals surface area contributed by atoms with Crippen LogP contribution in [0.1, 0.15) is 34.8 Å². The summed E-state index contributed by atoms with van der Waals surface area (Å²) in [5, 5.41) is 0.866. The maximum absolute atomic E-state index is 13.2. The Labute approximate surface area is 187 Å². The minimum absolute atomic E-state index is 0.135. The molecule has 5 rings (SSSR count). The summed E-state index contributed by atoms with van der Waals surface area (Å²) in [5.41, 5.74) is 2.70. The third-order valence-electron chi connectivity index (χ3n) is 6.84. The van der Waals surface area contributed by atoms with Gasteiger partial charge >= 0.3 is 0 Å². The van der Waals surface area contributed by atoms with E-state index in [-0.39, 0.29) is 5.56 Å². The summed E-state index contributed by atoms with van der Waals surface area (Å²) in [6.07, 6.45) is 4.94. The lowest BCUT2D eigenvalue weighted by molar-refractivity contribution is 0.203. The third-order valence-corrected chi connectivity index (χ3v) is 7.97. The Bertz CT molecular complexity index is 1130. The first-order chi connectivity index (χ1) is 15.1. The standard InChI is InChI=1S/C24H30N4O2S/c1-26-10-9-19-21(15-26)31-23-22(19)24(29)28(16-25-23)14-13-27-11-7-17(8-12-27)18-5-3-4-6-20(18)30-2/h3-6,16-17H,7-15H2,1-2H3. The number of hydrogen-bond donors (Lipinski definition) is 0. The largest absolute Gasteiger partial charge is 0.496 e. The van der Waals surface area contributed by atoms with Gasteiger partial charge in [-0.15, -0.1) is 11.3 Å². The van der Waals surface area contributed by atoms with E-state index in [4.69, 9.17) is 4.74 Å². The molecule has 7 heteroatoms. The molecule has 2 aliphatic rings. The van der Waals surface area contributed by atoms with Gasteiger partial charge in [-0.2, -0.15) is 0 Å². The molecule has 0 bridgehead atoms. The van der Waals surface area contributed by atoms with E-state index in [1.54, 1.807) is 24.8 Å². The van der Waals surface area contributed by atoms with E-state index >= 15 is 0 Å². The summed E-state index contributed by atoms with van der Waals surface area (Å²) < 4.78 is 7.38. The lowest BCUT2D eigenvalue weighted by Crippen LogP contribution is -2.37. The number of aromatic nitrogens is 2. The monoisotopic (exact) mass is 438 g/mol. The van der Waals surface area contributed by atoms with E-state index in [1.807, 2.05) is 10.6 Å². The van der Waals surface area contributed by atoms with Gasteiger partial charge < -0.3 is 14.5 Å². The molecule has 1 aromatic carbocycles. The van der Waals surface area contributed by atoms with Gasteiger partial charge in [-0.25, -0.2) is 4.98 Å². The summed E-state index contributed by atoms with van der Waals surface area (Å²) in [4.78, 5) is 24.8. The van der Waals surface area contributed by atoms with Gasteiger partial charge in [0.15, 0.2) is 0 Å². The molecule has 0 atom stereocenters. The van der Waals surface area contributed by atoms with Crippen molar-refractivity contribution in [3.63, 3.8) is 0 Å². The van der Waals surface area contributed by atoms with Crippen LogP contribution in [0.5, 0.6) is 5.75 Å². The van der Waals surface area contributed by atoms with E-state index in [0.717, 1.165) is 68.0 Å². The van der Waals surface area contributed by atoms with Gasteiger partial charge in [0.05, 0.1) is 18.8 Å². The summed E-state index contributed by atoms with van der Waals surface area (Å²) in [7, 11) is 3.88. The zero-order valence-corrected chi connectivity index (χ0v) is 19.2. The maximum Gasteiger partial charge on any atom is 0.262 e. The molecule has 31 heavy (non-hydrogen) atoms. The van der Waals surface area contributed by atoms with Gasteiger partial charge in [-0.05, 0) is 62.5 Å². The van der Waals surface area contributed by atoms with Crippen LogP contribution in [0.4, 0.5) is 0 Å². The number of hydrogen-bond acceptors (Lipinski definition) is 6.